The van der Waals surface area contributed by atoms with E-state index in [1.807, 2.05) is 24.3 Å². The fraction of sp³-hybridized carbons (Fsp3) is 0.524. The van der Waals surface area contributed by atoms with Crippen LogP contribution in [0.15, 0.2) is 24.3 Å². The first-order chi connectivity index (χ1) is 15.1. The summed E-state index contributed by atoms with van der Waals surface area (Å²) >= 11 is 4.01. The van der Waals surface area contributed by atoms with Crippen LogP contribution >= 0.6 is 12.6 Å². The molecule has 11 heteroatoms. The Morgan fingerprint density at radius 1 is 1.19 bits per heavy atom. The molecule has 4 atom stereocenters. The van der Waals surface area contributed by atoms with E-state index < -0.39 is 54.5 Å². The van der Waals surface area contributed by atoms with Crippen molar-refractivity contribution in [3.05, 3.63) is 35.4 Å². The monoisotopic (exact) mass is 466 g/mol. The van der Waals surface area contributed by atoms with Gasteiger partial charge < -0.3 is 31.5 Å². The number of carbonyl (C=O) groups excluding carboxylic acids is 3. The molecule has 0 saturated carbocycles. The third-order valence-electron chi connectivity index (χ3n) is 5.40. The van der Waals surface area contributed by atoms with E-state index in [-0.39, 0.29) is 24.6 Å². The molecule has 3 amide bonds. The Hall–Kier alpha value is -2.63. The number of carboxylic acid groups (broad SMARTS) is 1. The fourth-order valence-electron chi connectivity index (χ4n) is 3.48. The maximum absolute atomic E-state index is 13.5. The number of fused-ring (bicyclic) bond motifs is 1. The minimum absolute atomic E-state index is 0.102. The van der Waals surface area contributed by atoms with Crippen LogP contribution in [0.2, 0.25) is 0 Å². The largest absolute Gasteiger partial charge is 0.480 e. The lowest BCUT2D eigenvalue weighted by molar-refractivity contribution is -0.148. The van der Waals surface area contributed by atoms with Crippen LogP contribution in [0.5, 0.6) is 0 Å². The summed E-state index contributed by atoms with van der Waals surface area (Å²) in [6, 6.07) is 2.98. The predicted molar refractivity (Wildman–Crippen MR) is 120 cm³/mol. The molecule has 0 bridgehead atoms. The summed E-state index contributed by atoms with van der Waals surface area (Å²) in [6.07, 6.45) is 0.167. The maximum Gasteiger partial charge on any atom is 0.328 e. The Bertz CT molecular complexity index is 864. The van der Waals surface area contributed by atoms with Gasteiger partial charge in [-0.05, 0) is 17.0 Å². The standard InChI is InChI=1S/C21H30N4O6S/c1-11(2)17(24-18(27)14(22)10-32)20(29)25-8-13-6-4-3-5-12(13)7-16(25)19(28)23-15(9-26)21(30)31/h3-6,11,14-17,26,32H,7-10,22H2,1-2H3,(H,23,28)(H,24,27)(H,30,31)/t14-,15-,16+,17-/m0/s1. The zero-order valence-corrected chi connectivity index (χ0v) is 18.9. The van der Waals surface area contributed by atoms with Gasteiger partial charge in [-0.25, -0.2) is 4.79 Å². The second kappa shape index (κ2) is 11.3. The summed E-state index contributed by atoms with van der Waals surface area (Å²) in [4.78, 5) is 51.4. The third kappa shape index (κ3) is 5.99. The number of nitrogens with two attached hydrogens (primary N) is 1. The van der Waals surface area contributed by atoms with Gasteiger partial charge in [0.1, 0.15) is 18.1 Å². The number of amides is 3. The van der Waals surface area contributed by atoms with Crippen LogP contribution in [0.3, 0.4) is 0 Å². The number of hydrogen-bond acceptors (Lipinski definition) is 7. The SMILES string of the molecule is CC(C)[C@H](NC(=O)[C@@H](N)CS)C(=O)N1Cc2ccccc2C[C@@H]1C(=O)N[C@@H](CO)C(=O)O. The Balaban J connectivity index is 2.36. The van der Waals surface area contributed by atoms with Crippen molar-refractivity contribution in [2.45, 2.75) is 51.0 Å². The molecule has 6 N–H and O–H groups in total. The Morgan fingerprint density at radius 2 is 1.81 bits per heavy atom. The highest BCUT2D eigenvalue weighted by Gasteiger charge is 2.40. The highest BCUT2D eigenvalue weighted by atomic mass is 32.1. The number of aliphatic hydroxyl groups is 1. The first kappa shape index (κ1) is 25.6. The average molecular weight is 467 g/mol. The number of benzene rings is 1. The van der Waals surface area contributed by atoms with Gasteiger partial charge >= 0.3 is 5.97 Å². The van der Waals surface area contributed by atoms with E-state index >= 15 is 0 Å². The number of hydrogen-bond donors (Lipinski definition) is 6. The molecule has 0 aliphatic carbocycles. The lowest BCUT2D eigenvalue weighted by Gasteiger charge is -2.39. The third-order valence-corrected chi connectivity index (χ3v) is 5.79. The molecular formula is C21H30N4O6S. The number of aliphatic hydroxyl groups excluding tert-OH is 1. The molecule has 0 unspecified atom stereocenters. The Morgan fingerprint density at radius 3 is 2.34 bits per heavy atom. The molecule has 0 aromatic heterocycles. The second-order valence-corrected chi connectivity index (χ2v) is 8.42. The number of nitrogens with zero attached hydrogens (tertiary/aromatic N) is 1. The van der Waals surface area contributed by atoms with Crippen LogP contribution in [-0.4, -0.2) is 75.3 Å². The van der Waals surface area contributed by atoms with Crippen molar-refractivity contribution in [1.82, 2.24) is 15.5 Å². The van der Waals surface area contributed by atoms with Crippen LogP contribution in [-0.2, 0) is 32.1 Å². The molecule has 1 aromatic carbocycles. The minimum Gasteiger partial charge on any atom is -0.480 e. The number of aliphatic carboxylic acids is 1. The lowest BCUT2D eigenvalue weighted by atomic mass is 9.91. The van der Waals surface area contributed by atoms with Gasteiger partial charge in [0, 0.05) is 18.7 Å². The summed E-state index contributed by atoms with van der Waals surface area (Å²) in [5.41, 5.74) is 7.43. The highest BCUT2D eigenvalue weighted by molar-refractivity contribution is 7.80. The second-order valence-electron chi connectivity index (χ2n) is 8.06. The highest BCUT2D eigenvalue weighted by Crippen LogP contribution is 2.25. The summed E-state index contributed by atoms with van der Waals surface area (Å²) in [7, 11) is 0. The van der Waals surface area contributed by atoms with Crippen LogP contribution in [0, 0.1) is 5.92 Å². The summed E-state index contributed by atoms with van der Waals surface area (Å²) in [5, 5.41) is 23.4. The number of nitrogens with one attached hydrogen (secondary N) is 2. The smallest absolute Gasteiger partial charge is 0.328 e. The molecule has 0 radical (unpaired) electrons. The molecule has 32 heavy (non-hydrogen) atoms. The van der Waals surface area contributed by atoms with Gasteiger partial charge in [-0.2, -0.15) is 12.6 Å². The molecule has 0 saturated heterocycles. The Labute approximate surface area is 191 Å². The molecule has 1 aromatic rings. The van der Waals surface area contributed by atoms with E-state index in [9.17, 15) is 24.3 Å². The van der Waals surface area contributed by atoms with Crippen molar-refractivity contribution in [2.75, 3.05) is 12.4 Å². The number of rotatable bonds is 9. The van der Waals surface area contributed by atoms with E-state index in [1.165, 1.54) is 4.90 Å². The van der Waals surface area contributed by atoms with E-state index in [0.29, 0.717) is 0 Å². The van der Waals surface area contributed by atoms with Crippen molar-refractivity contribution in [1.29, 1.82) is 0 Å². The van der Waals surface area contributed by atoms with Crippen LogP contribution in [0.25, 0.3) is 0 Å². The van der Waals surface area contributed by atoms with Gasteiger partial charge in [0.05, 0.1) is 12.6 Å². The van der Waals surface area contributed by atoms with E-state index in [0.717, 1.165) is 11.1 Å². The van der Waals surface area contributed by atoms with Crippen LogP contribution < -0.4 is 16.4 Å². The predicted octanol–water partition coefficient (Wildman–Crippen LogP) is -1.10. The van der Waals surface area contributed by atoms with Gasteiger partial charge in [0.25, 0.3) is 0 Å². The molecule has 1 heterocycles. The van der Waals surface area contributed by atoms with Crippen LogP contribution in [0.4, 0.5) is 0 Å². The van der Waals surface area contributed by atoms with Crippen molar-refractivity contribution in [3.63, 3.8) is 0 Å². The molecule has 0 fully saturated rings. The number of carbonyl (C=O) groups is 4. The van der Waals surface area contributed by atoms with Gasteiger partial charge in [-0.1, -0.05) is 38.1 Å². The summed E-state index contributed by atoms with van der Waals surface area (Å²) in [5.74, 6) is -3.30. The van der Waals surface area contributed by atoms with Crippen LogP contribution in [0.1, 0.15) is 25.0 Å². The van der Waals surface area contributed by atoms with E-state index in [1.54, 1.807) is 13.8 Å². The van der Waals surface area contributed by atoms with E-state index in [2.05, 4.69) is 23.3 Å². The molecule has 176 valence electrons. The molecular weight excluding hydrogens is 436 g/mol. The van der Waals surface area contributed by atoms with Gasteiger partial charge in [0.15, 0.2) is 0 Å². The lowest BCUT2D eigenvalue weighted by Crippen LogP contribution is -2.61. The van der Waals surface area contributed by atoms with E-state index in [4.69, 9.17) is 10.8 Å². The molecule has 2 rings (SSSR count). The van der Waals surface area contributed by atoms with Gasteiger partial charge in [-0.3, -0.25) is 14.4 Å². The Kier molecular flexibility index (Phi) is 9.05. The first-order valence-corrected chi connectivity index (χ1v) is 10.9. The van der Waals surface area contributed by atoms with Crippen molar-refractivity contribution in [3.8, 4) is 0 Å². The molecule has 1 aliphatic rings. The van der Waals surface area contributed by atoms with Gasteiger partial charge in [-0.15, -0.1) is 0 Å². The average Bonchev–Trinajstić information content (AvgIpc) is 2.78. The maximum atomic E-state index is 13.5. The quantitative estimate of drug-likeness (QED) is 0.252. The van der Waals surface area contributed by atoms with Crippen molar-refractivity contribution in [2.24, 2.45) is 11.7 Å². The van der Waals surface area contributed by atoms with Crippen molar-refractivity contribution >= 4 is 36.3 Å². The normalized spacial score (nSPS) is 18.3. The molecule has 10 nitrogen and oxygen atoms in total. The molecule has 1 aliphatic heterocycles. The first-order valence-electron chi connectivity index (χ1n) is 10.3. The summed E-state index contributed by atoms with van der Waals surface area (Å²) in [6.45, 7) is 2.84. The summed E-state index contributed by atoms with van der Waals surface area (Å²) < 4.78 is 0. The number of carboxylic acids is 1. The zero-order valence-electron chi connectivity index (χ0n) is 18.0. The van der Waals surface area contributed by atoms with Gasteiger partial charge in [0.2, 0.25) is 17.7 Å². The zero-order chi connectivity index (χ0) is 24.0. The fourth-order valence-corrected chi connectivity index (χ4v) is 3.64. The molecule has 0 spiro atoms. The number of thiol groups is 1. The van der Waals surface area contributed by atoms with Crippen molar-refractivity contribution < 1.29 is 29.4 Å². The topological polar surface area (TPSA) is 162 Å². The minimum atomic E-state index is -1.49.